The molecule has 102 valence electrons. The van der Waals surface area contributed by atoms with Crippen LogP contribution in [0.1, 0.15) is 32.6 Å². The molecule has 0 aliphatic heterocycles. The third-order valence-electron chi connectivity index (χ3n) is 2.60. The number of nitrogens with zero attached hydrogens (tertiary/aromatic N) is 1. The van der Waals surface area contributed by atoms with Gasteiger partial charge in [-0.1, -0.05) is 0 Å². The molecule has 2 amide bonds. The predicted octanol–water partition coefficient (Wildman–Crippen LogP) is 0.0667. The van der Waals surface area contributed by atoms with Crippen molar-refractivity contribution < 1.29 is 19.1 Å². The summed E-state index contributed by atoms with van der Waals surface area (Å²) in [5, 5.41) is 2.80. The van der Waals surface area contributed by atoms with Crippen LogP contribution in [0.2, 0.25) is 0 Å². The summed E-state index contributed by atoms with van der Waals surface area (Å²) in [5.74, 6) is -0.764. The fourth-order valence-corrected chi connectivity index (χ4v) is 1.44. The third kappa shape index (κ3) is 5.65. The molecule has 0 heterocycles. The molecule has 0 spiro atoms. The maximum absolute atomic E-state index is 11.6. The molecule has 0 radical (unpaired) electrons. The van der Waals surface area contributed by atoms with E-state index in [1.165, 1.54) is 4.90 Å². The standard InChI is InChI=1S/C12H20N2O4/c1-3-18-12(17)7-6-11(16)14(2)8-10(15)13-9-4-5-9/h9H,3-8H2,1-2H3,(H,13,15). The van der Waals surface area contributed by atoms with Crippen LogP contribution in [0.5, 0.6) is 0 Å². The van der Waals surface area contributed by atoms with Gasteiger partial charge in [-0.2, -0.15) is 0 Å². The van der Waals surface area contributed by atoms with Crippen molar-refractivity contribution in [2.75, 3.05) is 20.2 Å². The summed E-state index contributed by atoms with van der Waals surface area (Å²) in [6.07, 6.45) is 2.17. The first kappa shape index (κ1) is 14.5. The van der Waals surface area contributed by atoms with E-state index in [9.17, 15) is 14.4 Å². The van der Waals surface area contributed by atoms with Gasteiger partial charge in [-0.05, 0) is 19.8 Å². The monoisotopic (exact) mass is 256 g/mol. The summed E-state index contributed by atoms with van der Waals surface area (Å²) >= 11 is 0. The van der Waals surface area contributed by atoms with Gasteiger partial charge >= 0.3 is 5.97 Å². The molecule has 0 atom stereocenters. The molecule has 1 fully saturated rings. The number of esters is 1. The minimum absolute atomic E-state index is 0.0398. The first-order valence-electron chi connectivity index (χ1n) is 6.22. The van der Waals surface area contributed by atoms with Gasteiger partial charge in [0, 0.05) is 19.5 Å². The molecule has 6 heteroatoms. The van der Waals surface area contributed by atoms with Crippen LogP contribution in [-0.4, -0.2) is 48.9 Å². The van der Waals surface area contributed by atoms with Gasteiger partial charge in [-0.3, -0.25) is 14.4 Å². The van der Waals surface area contributed by atoms with E-state index in [-0.39, 0.29) is 37.2 Å². The lowest BCUT2D eigenvalue weighted by Gasteiger charge is -2.16. The Labute approximate surface area is 107 Å². The van der Waals surface area contributed by atoms with Gasteiger partial charge in [-0.25, -0.2) is 0 Å². The number of likely N-dealkylation sites (N-methyl/N-ethyl adjacent to an activating group) is 1. The zero-order valence-electron chi connectivity index (χ0n) is 10.9. The van der Waals surface area contributed by atoms with E-state index in [1.54, 1.807) is 14.0 Å². The van der Waals surface area contributed by atoms with Crippen LogP contribution < -0.4 is 5.32 Å². The number of hydrogen-bond acceptors (Lipinski definition) is 4. The molecule has 1 rings (SSSR count). The van der Waals surface area contributed by atoms with Gasteiger partial charge in [0.15, 0.2) is 0 Å². The number of hydrogen-bond donors (Lipinski definition) is 1. The Balaban J connectivity index is 2.18. The molecule has 0 saturated heterocycles. The lowest BCUT2D eigenvalue weighted by atomic mass is 10.3. The molecule has 1 N–H and O–H groups in total. The van der Waals surface area contributed by atoms with Crippen molar-refractivity contribution in [1.29, 1.82) is 0 Å². The van der Waals surface area contributed by atoms with E-state index >= 15 is 0 Å². The van der Waals surface area contributed by atoms with E-state index < -0.39 is 0 Å². The van der Waals surface area contributed by atoms with E-state index in [2.05, 4.69) is 5.32 Å². The van der Waals surface area contributed by atoms with Crippen LogP contribution in [0.3, 0.4) is 0 Å². The average molecular weight is 256 g/mol. The van der Waals surface area contributed by atoms with Gasteiger partial charge < -0.3 is 15.0 Å². The van der Waals surface area contributed by atoms with Crippen LogP contribution in [0.25, 0.3) is 0 Å². The summed E-state index contributed by atoms with van der Waals surface area (Å²) in [5.41, 5.74) is 0. The number of nitrogens with one attached hydrogen (secondary N) is 1. The van der Waals surface area contributed by atoms with E-state index in [0.717, 1.165) is 12.8 Å². The first-order valence-corrected chi connectivity index (χ1v) is 6.22. The fraction of sp³-hybridized carbons (Fsp3) is 0.750. The highest BCUT2D eigenvalue weighted by Crippen LogP contribution is 2.18. The van der Waals surface area contributed by atoms with Crippen molar-refractivity contribution in [3.8, 4) is 0 Å². The number of ether oxygens (including phenoxy) is 1. The Kier molecular flexibility index (Phi) is 5.61. The summed E-state index contributed by atoms with van der Waals surface area (Å²) in [7, 11) is 1.56. The second-order valence-corrected chi connectivity index (χ2v) is 4.40. The van der Waals surface area contributed by atoms with Crippen molar-refractivity contribution in [3.05, 3.63) is 0 Å². The fourth-order valence-electron chi connectivity index (χ4n) is 1.44. The number of carbonyl (C=O) groups is 3. The van der Waals surface area contributed by atoms with Crippen molar-refractivity contribution in [3.63, 3.8) is 0 Å². The summed E-state index contributed by atoms with van der Waals surface area (Å²) in [6, 6.07) is 0.292. The largest absolute Gasteiger partial charge is 0.466 e. The molecule has 0 bridgehead atoms. The summed E-state index contributed by atoms with van der Waals surface area (Å²) in [6.45, 7) is 2.07. The lowest BCUT2D eigenvalue weighted by Crippen LogP contribution is -2.39. The maximum Gasteiger partial charge on any atom is 0.306 e. The van der Waals surface area contributed by atoms with Crippen LogP contribution in [0.4, 0.5) is 0 Å². The lowest BCUT2D eigenvalue weighted by molar-refractivity contribution is -0.145. The zero-order valence-corrected chi connectivity index (χ0v) is 10.9. The Morgan fingerprint density at radius 1 is 1.28 bits per heavy atom. The van der Waals surface area contributed by atoms with Gasteiger partial charge in [0.1, 0.15) is 0 Å². The number of amides is 2. The van der Waals surface area contributed by atoms with E-state index in [4.69, 9.17) is 4.74 Å². The SMILES string of the molecule is CCOC(=O)CCC(=O)N(C)CC(=O)NC1CC1. The Bertz CT molecular complexity index is 326. The number of carbonyl (C=O) groups excluding carboxylic acids is 3. The zero-order chi connectivity index (χ0) is 13.5. The smallest absolute Gasteiger partial charge is 0.306 e. The van der Waals surface area contributed by atoms with Gasteiger partial charge in [-0.15, -0.1) is 0 Å². The molecule has 1 saturated carbocycles. The molecule has 0 aromatic rings. The normalized spacial score (nSPS) is 13.9. The molecule has 0 aromatic carbocycles. The first-order chi connectivity index (χ1) is 8.52. The summed E-state index contributed by atoms with van der Waals surface area (Å²) in [4.78, 5) is 35.5. The Morgan fingerprint density at radius 2 is 1.94 bits per heavy atom. The molecule has 18 heavy (non-hydrogen) atoms. The quantitative estimate of drug-likeness (QED) is 0.654. The van der Waals surface area contributed by atoms with Crippen molar-refractivity contribution in [2.24, 2.45) is 0 Å². The van der Waals surface area contributed by atoms with Crippen molar-refractivity contribution in [1.82, 2.24) is 10.2 Å². The van der Waals surface area contributed by atoms with Crippen LogP contribution in [-0.2, 0) is 19.1 Å². The van der Waals surface area contributed by atoms with Crippen molar-refractivity contribution in [2.45, 2.75) is 38.6 Å². The Morgan fingerprint density at radius 3 is 2.50 bits per heavy atom. The average Bonchev–Trinajstić information content (AvgIpc) is 3.09. The minimum atomic E-state index is -0.387. The van der Waals surface area contributed by atoms with Crippen LogP contribution in [0, 0.1) is 0 Å². The van der Waals surface area contributed by atoms with E-state index in [0.29, 0.717) is 12.6 Å². The summed E-state index contributed by atoms with van der Waals surface area (Å²) < 4.78 is 4.73. The van der Waals surface area contributed by atoms with Gasteiger partial charge in [0.05, 0.1) is 19.6 Å². The Hall–Kier alpha value is -1.59. The second-order valence-electron chi connectivity index (χ2n) is 4.40. The van der Waals surface area contributed by atoms with E-state index in [1.807, 2.05) is 0 Å². The van der Waals surface area contributed by atoms with Gasteiger partial charge in [0.2, 0.25) is 11.8 Å². The molecular formula is C12H20N2O4. The van der Waals surface area contributed by atoms with Crippen molar-refractivity contribution >= 4 is 17.8 Å². The highest BCUT2D eigenvalue weighted by molar-refractivity contribution is 5.86. The number of rotatable bonds is 7. The highest BCUT2D eigenvalue weighted by Gasteiger charge is 2.24. The molecular weight excluding hydrogens is 236 g/mol. The topological polar surface area (TPSA) is 75.7 Å². The van der Waals surface area contributed by atoms with Crippen LogP contribution in [0.15, 0.2) is 0 Å². The molecule has 1 aliphatic carbocycles. The highest BCUT2D eigenvalue weighted by atomic mass is 16.5. The molecule has 0 aromatic heterocycles. The third-order valence-corrected chi connectivity index (χ3v) is 2.60. The molecule has 6 nitrogen and oxygen atoms in total. The molecule has 1 aliphatic rings. The van der Waals surface area contributed by atoms with Gasteiger partial charge in [0.25, 0.3) is 0 Å². The maximum atomic E-state index is 11.6. The predicted molar refractivity (Wildman–Crippen MR) is 64.7 cm³/mol. The minimum Gasteiger partial charge on any atom is -0.466 e. The van der Waals surface area contributed by atoms with Crippen LogP contribution >= 0.6 is 0 Å². The second kappa shape index (κ2) is 6.98. The molecule has 0 unspecified atom stereocenters.